The smallest absolute Gasteiger partial charge is 0.243 e. The van der Waals surface area contributed by atoms with Crippen LogP contribution in [0.1, 0.15) is 28.7 Å². The maximum Gasteiger partial charge on any atom is 0.243 e. The number of sulfonamides is 1. The molecule has 4 rings (SSSR count). The van der Waals surface area contributed by atoms with Crippen molar-refractivity contribution in [2.75, 3.05) is 27.7 Å². The summed E-state index contributed by atoms with van der Waals surface area (Å²) < 4.78 is 34.3. The highest BCUT2D eigenvalue weighted by Gasteiger charge is 2.34. The van der Waals surface area contributed by atoms with Gasteiger partial charge < -0.3 is 9.64 Å². The van der Waals surface area contributed by atoms with Crippen LogP contribution in [0.3, 0.4) is 0 Å². The Hall–Kier alpha value is -1.89. The largest absolute Gasteiger partial charge is 0.496 e. The van der Waals surface area contributed by atoms with Gasteiger partial charge in [0.25, 0.3) is 0 Å². The Bertz CT molecular complexity index is 985. The quantitative estimate of drug-likeness (QED) is 0.792. The van der Waals surface area contributed by atoms with E-state index in [9.17, 15) is 8.42 Å². The molecule has 0 amide bonds. The number of ether oxygens (including phenoxy) is 1. The summed E-state index contributed by atoms with van der Waals surface area (Å²) in [6, 6.07) is 12.1. The molecule has 1 unspecified atom stereocenters. The van der Waals surface area contributed by atoms with Crippen LogP contribution in [0.5, 0.6) is 5.75 Å². The van der Waals surface area contributed by atoms with Crippen LogP contribution in [0.25, 0.3) is 0 Å². The summed E-state index contributed by atoms with van der Waals surface area (Å²) in [6.07, 6.45) is 3.29. The summed E-state index contributed by atoms with van der Waals surface area (Å²) in [5.74, 6) is 0.796. The van der Waals surface area contributed by atoms with Crippen molar-refractivity contribution in [2.24, 2.45) is 0 Å². The van der Waals surface area contributed by atoms with E-state index in [2.05, 4.69) is 25.1 Å². The summed E-state index contributed by atoms with van der Waals surface area (Å²) >= 11 is 0. The zero-order chi connectivity index (χ0) is 19.9. The molecule has 0 aromatic heterocycles. The van der Waals surface area contributed by atoms with E-state index in [1.807, 2.05) is 24.3 Å². The fraction of sp³-hybridized carbons (Fsp3) is 0.455. The van der Waals surface area contributed by atoms with Crippen molar-refractivity contribution < 1.29 is 13.2 Å². The Balaban J connectivity index is 1.72. The number of hydrogen-bond acceptors (Lipinski definition) is 4. The van der Waals surface area contributed by atoms with Crippen LogP contribution < -0.4 is 4.74 Å². The van der Waals surface area contributed by atoms with Crippen molar-refractivity contribution in [1.29, 1.82) is 0 Å². The molecule has 0 spiro atoms. The van der Waals surface area contributed by atoms with Gasteiger partial charge in [0.1, 0.15) is 5.75 Å². The summed E-state index contributed by atoms with van der Waals surface area (Å²) in [5, 5.41) is 0. The summed E-state index contributed by atoms with van der Waals surface area (Å²) in [5.41, 5.74) is 4.34. The monoisotopic (exact) mass is 400 g/mol. The lowest BCUT2D eigenvalue weighted by atomic mass is 9.87. The minimum absolute atomic E-state index is 0.404. The average molecular weight is 401 g/mol. The lowest BCUT2D eigenvalue weighted by Crippen LogP contribution is -2.38. The second kappa shape index (κ2) is 7.50. The molecular weight excluding hydrogens is 372 g/mol. The van der Waals surface area contributed by atoms with Gasteiger partial charge in [0.2, 0.25) is 10.0 Å². The molecule has 1 aliphatic carbocycles. The molecule has 0 N–H and O–H groups in total. The molecule has 0 bridgehead atoms. The molecule has 150 valence electrons. The van der Waals surface area contributed by atoms with E-state index < -0.39 is 10.0 Å². The van der Waals surface area contributed by atoms with Gasteiger partial charge in [0.05, 0.1) is 12.0 Å². The van der Waals surface area contributed by atoms with Crippen molar-refractivity contribution in [3.8, 4) is 5.75 Å². The first kappa shape index (κ1) is 19.4. The number of nitrogens with zero attached hydrogens (tertiary/aromatic N) is 2. The maximum atomic E-state index is 13.6. The highest BCUT2D eigenvalue weighted by Crippen LogP contribution is 2.37. The summed E-state index contributed by atoms with van der Waals surface area (Å²) in [7, 11) is 2.27. The SMILES string of the molecule is COc1ccc(S(=O)(=O)N2CCc3ccccc3C2)c2c1CC(N(C)C)CC2. The predicted molar refractivity (Wildman–Crippen MR) is 110 cm³/mol. The van der Waals surface area contributed by atoms with Gasteiger partial charge in [-0.1, -0.05) is 24.3 Å². The van der Waals surface area contributed by atoms with E-state index in [0.29, 0.717) is 24.0 Å². The van der Waals surface area contributed by atoms with Gasteiger partial charge >= 0.3 is 0 Å². The van der Waals surface area contributed by atoms with E-state index in [0.717, 1.165) is 48.1 Å². The van der Waals surface area contributed by atoms with Gasteiger partial charge in [-0.25, -0.2) is 8.42 Å². The molecule has 0 saturated carbocycles. The second-order valence-electron chi connectivity index (χ2n) is 7.94. The number of fused-ring (bicyclic) bond motifs is 2. The molecular formula is C22H28N2O3S. The standard InChI is InChI=1S/C22H28N2O3S/c1-23(2)18-8-9-19-20(14-18)21(27-3)10-11-22(19)28(25,26)24-13-12-16-6-4-5-7-17(16)15-24/h4-7,10-11,18H,8-9,12-15H2,1-3H3. The van der Waals surface area contributed by atoms with Gasteiger partial charge in [-0.3, -0.25) is 0 Å². The maximum absolute atomic E-state index is 13.6. The third-order valence-corrected chi connectivity index (χ3v) is 8.11. The number of likely N-dealkylation sites (N-methyl/N-ethyl adjacent to an activating group) is 1. The molecule has 28 heavy (non-hydrogen) atoms. The van der Waals surface area contributed by atoms with Gasteiger partial charge in [-0.15, -0.1) is 0 Å². The highest BCUT2D eigenvalue weighted by molar-refractivity contribution is 7.89. The molecule has 0 fully saturated rings. The molecule has 2 aromatic rings. The second-order valence-corrected chi connectivity index (χ2v) is 9.85. The fourth-order valence-corrected chi connectivity index (χ4v) is 6.18. The Morgan fingerprint density at radius 1 is 1.04 bits per heavy atom. The van der Waals surface area contributed by atoms with E-state index in [-0.39, 0.29) is 0 Å². The first-order valence-corrected chi connectivity index (χ1v) is 11.3. The van der Waals surface area contributed by atoms with E-state index in [1.165, 1.54) is 5.56 Å². The molecule has 0 saturated heterocycles. The number of hydrogen-bond donors (Lipinski definition) is 0. The molecule has 6 heteroatoms. The van der Waals surface area contributed by atoms with Gasteiger partial charge in [-0.2, -0.15) is 4.31 Å². The minimum atomic E-state index is -3.54. The Labute approximate surface area is 168 Å². The highest BCUT2D eigenvalue weighted by atomic mass is 32.2. The predicted octanol–water partition coefficient (Wildman–Crippen LogP) is 2.86. The molecule has 2 aromatic carbocycles. The van der Waals surface area contributed by atoms with Crippen LogP contribution in [-0.4, -0.2) is 51.4 Å². The molecule has 5 nitrogen and oxygen atoms in total. The van der Waals surface area contributed by atoms with Gasteiger partial charge in [-0.05, 0) is 68.6 Å². The lowest BCUT2D eigenvalue weighted by molar-refractivity contribution is 0.263. The summed E-state index contributed by atoms with van der Waals surface area (Å²) in [4.78, 5) is 2.67. The fourth-order valence-electron chi connectivity index (χ4n) is 4.48. The number of benzene rings is 2. The number of rotatable bonds is 4. The Morgan fingerprint density at radius 3 is 2.50 bits per heavy atom. The first-order valence-electron chi connectivity index (χ1n) is 9.84. The van der Waals surface area contributed by atoms with Crippen molar-refractivity contribution in [2.45, 2.75) is 43.2 Å². The van der Waals surface area contributed by atoms with E-state index in [4.69, 9.17) is 4.74 Å². The third kappa shape index (κ3) is 3.34. The zero-order valence-corrected chi connectivity index (χ0v) is 17.6. The zero-order valence-electron chi connectivity index (χ0n) is 16.8. The van der Waals surface area contributed by atoms with Crippen LogP contribution in [0.2, 0.25) is 0 Å². The van der Waals surface area contributed by atoms with Crippen molar-refractivity contribution in [3.05, 3.63) is 58.7 Å². The van der Waals surface area contributed by atoms with E-state index in [1.54, 1.807) is 17.5 Å². The molecule has 2 aliphatic rings. The van der Waals surface area contributed by atoms with Crippen molar-refractivity contribution in [3.63, 3.8) is 0 Å². The molecule has 1 aliphatic heterocycles. The van der Waals surface area contributed by atoms with Crippen LogP contribution in [0.4, 0.5) is 0 Å². The topological polar surface area (TPSA) is 49.9 Å². The Morgan fingerprint density at radius 2 is 1.79 bits per heavy atom. The molecule has 1 atom stereocenters. The van der Waals surface area contributed by atoms with Gasteiger partial charge in [0.15, 0.2) is 0 Å². The van der Waals surface area contributed by atoms with Crippen molar-refractivity contribution in [1.82, 2.24) is 9.21 Å². The summed E-state index contributed by atoms with van der Waals surface area (Å²) in [6.45, 7) is 0.972. The Kier molecular flexibility index (Phi) is 5.21. The molecule has 1 heterocycles. The van der Waals surface area contributed by atoms with Crippen LogP contribution >= 0.6 is 0 Å². The van der Waals surface area contributed by atoms with Crippen LogP contribution in [0.15, 0.2) is 41.3 Å². The third-order valence-electron chi connectivity index (χ3n) is 6.18. The lowest BCUT2D eigenvalue weighted by Gasteiger charge is -2.33. The van der Waals surface area contributed by atoms with E-state index >= 15 is 0 Å². The average Bonchev–Trinajstić information content (AvgIpc) is 2.71. The van der Waals surface area contributed by atoms with Crippen molar-refractivity contribution >= 4 is 10.0 Å². The van der Waals surface area contributed by atoms with Crippen LogP contribution in [0, 0.1) is 0 Å². The normalized spacial score (nSPS) is 19.9. The van der Waals surface area contributed by atoms with Gasteiger partial charge in [0, 0.05) is 24.7 Å². The minimum Gasteiger partial charge on any atom is -0.496 e. The molecule has 0 radical (unpaired) electrons. The number of methoxy groups -OCH3 is 1. The first-order chi connectivity index (χ1) is 13.4. The van der Waals surface area contributed by atoms with Crippen LogP contribution in [-0.2, 0) is 35.8 Å².